The molecule has 0 aliphatic rings. The van der Waals surface area contributed by atoms with Crippen molar-refractivity contribution in [2.75, 3.05) is 33.2 Å². The molecule has 0 spiro atoms. The molecule has 0 fully saturated rings. The maximum atomic E-state index is 12.3. The second-order valence-electron chi connectivity index (χ2n) is 4.84. The largest absolute Gasteiger partial charge is 0.313 e. The van der Waals surface area contributed by atoms with Gasteiger partial charge in [-0.3, -0.25) is 0 Å². The highest BCUT2D eigenvalue weighted by Crippen LogP contribution is 2.23. The number of hydrogen-bond donors (Lipinski definition) is 2. The van der Waals surface area contributed by atoms with Gasteiger partial charge in [0.05, 0.1) is 4.90 Å². The molecule has 0 radical (unpaired) electrons. The van der Waals surface area contributed by atoms with Crippen molar-refractivity contribution < 1.29 is 8.42 Å². The number of nitrogens with zero attached hydrogens (tertiary/aromatic N) is 1. The molecule has 0 amide bonds. The molecule has 0 aliphatic heterocycles. The van der Waals surface area contributed by atoms with Crippen LogP contribution in [0.3, 0.4) is 0 Å². The summed E-state index contributed by atoms with van der Waals surface area (Å²) in [7, 11) is -1.52. The molecule has 0 saturated heterocycles. The molecule has 0 aromatic heterocycles. The van der Waals surface area contributed by atoms with E-state index in [9.17, 15) is 8.42 Å². The van der Waals surface area contributed by atoms with Crippen LogP contribution in [0.25, 0.3) is 0 Å². The molecule has 1 aromatic carbocycles. The quantitative estimate of drug-likeness (QED) is 0.688. The second-order valence-corrected chi connectivity index (χ2v) is 7.43. The van der Waals surface area contributed by atoms with Crippen LogP contribution in [0.15, 0.2) is 27.6 Å². The highest BCUT2D eigenvalue weighted by atomic mass is 79.9. The first-order valence-electron chi connectivity index (χ1n) is 7.08. The lowest BCUT2D eigenvalue weighted by molar-refractivity contribution is 0.358. The number of halogens is 1. The molecule has 0 bridgehead atoms. The average Bonchev–Trinajstić information content (AvgIpc) is 2.44. The van der Waals surface area contributed by atoms with E-state index in [4.69, 9.17) is 0 Å². The normalized spacial score (nSPS) is 12.0. The first kappa shape index (κ1) is 18.6. The van der Waals surface area contributed by atoms with Gasteiger partial charge in [0.15, 0.2) is 0 Å². The molecule has 120 valence electrons. The van der Waals surface area contributed by atoms with E-state index in [1.165, 1.54) is 0 Å². The van der Waals surface area contributed by atoms with Crippen molar-refractivity contribution in [3.63, 3.8) is 0 Å². The summed E-state index contributed by atoms with van der Waals surface area (Å²) in [6.07, 6.45) is 0. The van der Waals surface area contributed by atoms with E-state index in [-0.39, 0.29) is 4.90 Å². The number of rotatable bonds is 9. The smallest absolute Gasteiger partial charge is 0.241 e. The number of nitrogens with one attached hydrogen (secondary N) is 2. The molecule has 5 nitrogen and oxygen atoms in total. The third-order valence-electron chi connectivity index (χ3n) is 3.19. The van der Waals surface area contributed by atoms with Gasteiger partial charge in [0, 0.05) is 24.1 Å². The van der Waals surface area contributed by atoms with Crippen molar-refractivity contribution >= 4 is 26.0 Å². The standard InChI is InChI=1S/C14H24BrN3O2S/c1-4-16-11-12-6-7-14(13(15)10-12)21(19,20)17-8-9-18(3)5-2/h6-7,10,16-17H,4-5,8-9,11H2,1-3H3. The van der Waals surface area contributed by atoms with Crippen molar-refractivity contribution in [3.05, 3.63) is 28.2 Å². The van der Waals surface area contributed by atoms with Crippen molar-refractivity contribution in [3.8, 4) is 0 Å². The summed E-state index contributed by atoms with van der Waals surface area (Å²) in [6.45, 7) is 7.65. The van der Waals surface area contributed by atoms with Crippen molar-refractivity contribution in [2.24, 2.45) is 0 Å². The zero-order valence-electron chi connectivity index (χ0n) is 12.8. The Labute approximate surface area is 136 Å². The molecule has 1 aromatic rings. The van der Waals surface area contributed by atoms with E-state index in [1.807, 2.05) is 33.0 Å². The van der Waals surface area contributed by atoms with Crippen LogP contribution in [-0.2, 0) is 16.6 Å². The lowest BCUT2D eigenvalue weighted by Crippen LogP contribution is -2.33. The van der Waals surface area contributed by atoms with Crippen LogP contribution in [0.4, 0.5) is 0 Å². The van der Waals surface area contributed by atoms with Gasteiger partial charge >= 0.3 is 0 Å². The number of benzene rings is 1. The Hall–Kier alpha value is -0.470. The van der Waals surface area contributed by atoms with Gasteiger partial charge in [-0.2, -0.15) is 0 Å². The predicted octanol–water partition coefficient (Wildman–Crippen LogP) is 1.79. The highest BCUT2D eigenvalue weighted by Gasteiger charge is 2.17. The fourth-order valence-electron chi connectivity index (χ4n) is 1.75. The summed E-state index contributed by atoms with van der Waals surface area (Å²) in [5.41, 5.74) is 1.05. The van der Waals surface area contributed by atoms with E-state index in [0.29, 0.717) is 17.6 Å². The Morgan fingerprint density at radius 1 is 1.29 bits per heavy atom. The van der Waals surface area contributed by atoms with Gasteiger partial charge in [-0.25, -0.2) is 13.1 Å². The van der Waals surface area contributed by atoms with Crippen LogP contribution in [-0.4, -0.2) is 46.5 Å². The topological polar surface area (TPSA) is 61.4 Å². The average molecular weight is 378 g/mol. The molecule has 0 aliphatic carbocycles. The van der Waals surface area contributed by atoms with Gasteiger partial charge in [0.2, 0.25) is 10.0 Å². The van der Waals surface area contributed by atoms with Crippen molar-refractivity contribution in [1.82, 2.24) is 14.9 Å². The third kappa shape index (κ3) is 6.04. The predicted molar refractivity (Wildman–Crippen MR) is 89.9 cm³/mol. The van der Waals surface area contributed by atoms with E-state index in [1.54, 1.807) is 6.07 Å². The van der Waals surface area contributed by atoms with Gasteiger partial charge in [0.1, 0.15) is 0 Å². The molecule has 0 unspecified atom stereocenters. The zero-order valence-corrected chi connectivity index (χ0v) is 15.2. The highest BCUT2D eigenvalue weighted by molar-refractivity contribution is 9.10. The Morgan fingerprint density at radius 2 is 2.00 bits per heavy atom. The number of sulfonamides is 1. The van der Waals surface area contributed by atoms with E-state index < -0.39 is 10.0 Å². The van der Waals surface area contributed by atoms with Crippen LogP contribution in [0.1, 0.15) is 19.4 Å². The minimum atomic E-state index is -3.48. The Kier molecular flexibility index (Phi) is 7.83. The molecule has 7 heteroatoms. The van der Waals surface area contributed by atoms with Crippen LogP contribution in [0, 0.1) is 0 Å². The Morgan fingerprint density at radius 3 is 2.57 bits per heavy atom. The van der Waals surface area contributed by atoms with Gasteiger partial charge in [0.25, 0.3) is 0 Å². The molecule has 2 N–H and O–H groups in total. The summed E-state index contributed by atoms with van der Waals surface area (Å²) in [6, 6.07) is 5.32. The van der Waals surface area contributed by atoms with E-state index >= 15 is 0 Å². The first-order valence-corrected chi connectivity index (χ1v) is 9.35. The molecule has 1 rings (SSSR count). The minimum absolute atomic E-state index is 0.280. The molecule has 0 saturated carbocycles. The summed E-state index contributed by atoms with van der Waals surface area (Å²) < 4.78 is 27.8. The minimum Gasteiger partial charge on any atom is -0.313 e. The molecule has 0 heterocycles. The number of hydrogen-bond acceptors (Lipinski definition) is 4. The third-order valence-corrected chi connectivity index (χ3v) is 5.63. The second kappa shape index (κ2) is 8.85. The summed E-state index contributed by atoms with van der Waals surface area (Å²) in [4.78, 5) is 2.33. The summed E-state index contributed by atoms with van der Waals surface area (Å²) in [5.74, 6) is 0. The van der Waals surface area contributed by atoms with Crippen LogP contribution >= 0.6 is 15.9 Å². The van der Waals surface area contributed by atoms with Crippen LogP contribution in [0.5, 0.6) is 0 Å². The van der Waals surface area contributed by atoms with Crippen LogP contribution in [0.2, 0.25) is 0 Å². The van der Waals surface area contributed by atoms with E-state index in [0.717, 1.165) is 25.2 Å². The maximum absolute atomic E-state index is 12.3. The monoisotopic (exact) mass is 377 g/mol. The fraction of sp³-hybridized carbons (Fsp3) is 0.571. The Bertz CT molecular complexity index is 549. The van der Waals surface area contributed by atoms with Crippen molar-refractivity contribution in [2.45, 2.75) is 25.3 Å². The number of likely N-dealkylation sites (N-methyl/N-ethyl adjacent to an activating group) is 1. The lowest BCUT2D eigenvalue weighted by atomic mass is 10.2. The summed E-state index contributed by atoms with van der Waals surface area (Å²) >= 11 is 3.35. The van der Waals surface area contributed by atoms with Crippen molar-refractivity contribution in [1.29, 1.82) is 0 Å². The maximum Gasteiger partial charge on any atom is 0.241 e. The lowest BCUT2D eigenvalue weighted by Gasteiger charge is -2.15. The van der Waals surface area contributed by atoms with Gasteiger partial charge < -0.3 is 10.2 Å². The molecule has 21 heavy (non-hydrogen) atoms. The van der Waals surface area contributed by atoms with Gasteiger partial charge in [-0.15, -0.1) is 0 Å². The molecular weight excluding hydrogens is 354 g/mol. The van der Waals surface area contributed by atoms with Gasteiger partial charge in [-0.1, -0.05) is 19.9 Å². The van der Waals surface area contributed by atoms with Crippen LogP contribution < -0.4 is 10.0 Å². The summed E-state index contributed by atoms with van der Waals surface area (Å²) in [5, 5.41) is 3.21. The zero-order chi connectivity index (χ0) is 15.9. The fourth-order valence-corrected chi connectivity index (χ4v) is 3.89. The molecule has 0 atom stereocenters. The Balaban J connectivity index is 2.74. The SMILES string of the molecule is CCNCc1ccc(S(=O)(=O)NCCN(C)CC)c(Br)c1. The first-order chi connectivity index (χ1) is 9.90. The van der Waals surface area contributed by atoms with Gasteiger partial charge in [-0.05, 0) is 53.8 Å². The molecular formula is C14H24BrN3O2S. The van der Waals surface area contributed by atoms with E-state index in [2.05, 4.69) is 30.9 Å².